The number of piperazine rings is 1. The summed E-state index contributed by atoms with van der Waals surface area (Å²) in [6.45, 7) is 0.710. The van der Waals surface area contributed by atoms with Crippen molar-refractivity contribution >= 4 is 23.6 Å². The first-order valence-electron chi connectivity index (χ1n) is 6.91. The number of carbonyl (C=O) groups excluding carboxylic acids is 2. The number of amides is 2. The van der Waals surface area contributed by atoms with Crippen molar-refractivity contribution in [1.29, 1.82) is 0 Å². The first kappa shape index (κ1) is 13.5. The molecule has 2 aliphatic heterocycles. The summed E-state index contributed by atoms with van der Waals surface area (Å²) in [5, 5.41) is -0.298. The summed E-state index contributed by atoms with van der Waals surface area (Å²) < 4.78 is 0. The average Bonchev–Trinajstić information content (AvgIpc) is 2.50. The van der Waals surface area contributed by atoms with Crippen molar-refractivity contribution in [2.45, 2.75) is 24.3 Å². The maximum Gasteiger partial charge on any atom is 0.256 e. The van der Waals surface area contributed by atoms with Crippen molar-refractivity contribution in [2.24, 2.45) is 0 Å². The largest absolute Gasteiger partial charge is 0.331 e. The third-order valence-electron chi connectivity index (χ3n) is 3.97. The summed E-state index contributed by atoms with van der Waals surface area (Å²) in [5.41, 5.74) is 1.09. The molecule has 4 nitrogen and oxygen atoms in total. The van der Waals surface area contributed by atoms with E-state index < -0.39 is 0 Å². The van der Waals surface area contributed by atoms with Gasteiger partial charge in [0.2, 0.25) is 5.91 Å². The second-order valence-corrected chi connectivity index (χ2v) is 6.45. The molecular formula is C15H18N2O2S. The van der Waals surface area contributed by atoms with Crippen molar-refractivity contribution in [3.05, 3.63) is 35.9 Å². The highest BCUT2D eigenvalue weighted by molar-refractivity contribution is 8.00. The summed E-state index contributed by atoms with van der Waals surface area (Å²) in [6, 6.07) is 9.53. The summed E-state index contributed by atoms with van der Waals surface area (Å²) in [7, 11) is 1.75. The zero-order valence-corrected chi connectivity index (χ0v) is 12.3. The van der Waals surface area contributed by atoms with Crippen LogP contribution in [0.1, 0.15) is 12.0 Å². The highest BCUT2D eigenvalue weighted by atomic mass is 32.2. The van der Waals surface area contributed by atoms with Crippen molar-refractivity contribution in [2.75, 3.05) is 19.3 Å². The van der Waals surface area contributed by atoms with Crippen LogP contribution in [0.4, 0.5) is 0 Å². The number of benzene rings is 1. The van der Waals surface area contributed by atoms with Crippen LogP contribution in [0.25, 0.3) is 0 Å². The summed E-state index contributed by atoms with van der Waals surface area (Å²) in [6.07, 6.45) is 1.57. The minimum atomic E-state index is -0.361. The van der Waals surface area contributed by atoms with E-state index in [0.717, 1.165) is 17.7 Å². The molecule has 2 aliphatic rings. The Balaban J connectivity index is 1.83. The lowest BCUT2D eigenvalue weighted by Gasteiger charge is -2.45. The van der Waals surface area contributed by atoms with E-state index in [2.05, 4.69) is 0 Å². The van der Waals surface area contributed by atoms with Crippen LogP contribution in [0, 0.1) is 0 Å². The lowest BCUT2D eigenvalue weighted by molar-refractivity contribution is -0.156. The Morgan fingerprint density at radius 1 is 1.20 bits per heavy atom. The second-order valence-electron chi connectivity index (χ2n) is 5.26. The quantitative estimate of drug-likeness (QED) is 0.826. The third kappa shape index (κ3) is 2.30. The van der Waals surface area contributed by atoms with Gasteiger partial charge in [-0.25, -0.2) is 0 Å². The number of rotatable bonds is 2. The molecule has 0 radical (unpaired) electrons. The molecule has 3 rings (SSSR count). The van der Waals surface area contributed by atoms with Crippen LogP contribution in [-0.2, 0) is 16.0 Å². The van der Waals surface area contributed by atoms with Gasteiger partial charge in [0.1, 0.15) is 6.04 Å². The minimum Gasteiger partial charge on any atom is -0.331 e. The van der Waals surface area contributed by atoms with E-state index in [9.17, 15) is 9.59 Å². The van der Waals surface area contributed by atoms with Crippen LogP contribution in [-0.4, -0.2) is 52.4 Å². The number of thioether (sulfide) groups is 1. The molecule has 0 N–H and O–H groups in total. The Kier molecular flexibility index (Phi) is 3.70. The van der Waals surface area contributed by atoms with Gasteiger partial charge in [-0.1, -0.05) is 30.3 Å². The van der Waals surface area contributed by atoms with Gasteiger partial charge >= 0.3 is 0 Å². The fourth-order valence-corrected chi connectivity index (χ4v) is 4.03. The number of hydrogen-bond donors (Lipinski definition) is 0. The Hall–Kier alpha value is -1.49. The van der Waals surface area contributed by atoms with Crippen molar-refractivity contribution in [3.63, 3.8) is 0 Å². The molecule has 0 saturated carbocycles. The zero-order chi connectivity index (χ0) is 14.1. The zero-order valence-electron chi connectivity index (χ0n) is 11.5. The molecule has 2 saturated heterocycles. The maximum absolute atomic E-state index is 12.6. The first-order valence-corrected chi connectivity index (χ1v) is 7.96. The van der Waals surface area contributed by atoms with E-state index in [4.69, 9.17) is 0 Å². The molecule has 1 aromatic carbocycles. The molecule has 2 heterocycles. The summed E-state index contributed by atoms with van der Waals surface area (Å²) in [5.74, 6) is 1.11. The van der Waals surface area contributed by atoms with E-state index in [1.165, 1.54) is 0 Å². The molecule has 2 fully saturated rings. The van der Waals surface area contributed by atoms with E-state index in [1.807, 2.05) is 30.3 Å². The standard InChI is InChI=1S/C15H18N2O2S/c1-16-12(10-11-6-3-2-4-7-11)13(18)17-8-5-9-20-15(17)14(16)19/h2-4,6-7,12,15H,5,8-10H2,1H3/t12-,15+/m0/s1. The lowest BCUT2D eigenvalue weighted by atomic mass is 10.0. The number of nitrogens with zero attached hydrogens (tertiary/aromatic N) is 2. The number of fused-ring (bicyclic) bond motifs is 1. The number of hydrogen-bond acceptors (Lipinski definition) is 3. The molecule has 0 unspecified atom stereocenters. The van der Waals surface area contributed by atoms with Crippen molar-refractivity contribution < 1.29 is 9.59 Å². The van der Waals surface area contributed by atoms with Gasteiger partial charge in [-0.3, -0.25) is 9.59 Å². The maximum atomic E-state index is 12.6. The molecule has 20 heavy (non-hydrogen) atoms. The fourth-order valence-electron chi connectivity index (χ4n) is 2.81. The normalized spacial score (nSPS) is 26.6. The van der Waals surface area contributed by atoms with E-state index in [0.29, 0.717) is 13.0 Å². The predicted octanol–water partition coefficient (Wildman–Crippen LogP) is 1.36. The highest BCUT2D eigenvalue weighted by Gasteiger charge is 2.45. The van der Waals surface area contributed by atoms with Crippen LogP contribution in [0.3, 0.4) is 0 Å². The molecule has 5 heteroatoms. The molecule has 0 bridgehead atoms. The Morgan fingerprint density at radius 3 is 2.70 bits per heavy atom. The Morgan fingerprint density at radius 2 is 1.95 bits per heavy atom. The van der Waals surface area contributed by atoms with E-state index in [-0.39, 0.29) is 23.2 Å². The predicted molar refractivity (Wildman–Crippen MR) is 79.3 cm³/mol. The molecule has 0 aromatic heterocycles. The third-order valence-corrected chi connectivity index (χ3v) is 5.26. The highest BCUT2D eigenvalue weighted by Crippen LogP contribution is 2.30. The van der Waals surface area contributed by atoms with Gasteiger partial charge < -0.3 is 9.80 Å². The molecule has 2 amide bonds. The smallest absolute Gasteiger partial charge is 0.256 e. The SMILES string of the molecule is CN1C(=O)[C@H]2SCCCN2C(=O)[C@@H]1Cc1ccccc1. The number of likely N-dealkylation sites (N-methyl/N-ethyl adjacent to an activating group) is 1. The number of carbonyl (C=O) groups is 2. The summed E-state index contributed by atoms with van der Waals surface area (Å²) in [4.78, 5) is 28.5. The van der Waals surface area contributed by atoms with Gasteiger partial charge in [0.25, 0.3) is 5.91 Å². The van der Waals surface area contributed by atoms with Crippen LogP contribution >= 0.6 is 11.8 Å². The minimum absolute atomic E-state index is 0.0650. The molecule has 1 aromatic rings. The Bertz CT molecular complexity index is 520. The topological polar surface area (TPSA) is 40.6 Å². The van der Waals surface area contributed by atoms with Crippen LogP contribution in [0.5, 0.6) is 0 Å². The molecule has 0 spiro atoms. The van der Waals surface area contributed by atoms with Crippen LogP contribution in [0.15, 0.2) is 30.3 Å². The van der Waals surface area contributed by atoms with Gasteiger partial charge in [-0.15, -0.1) is 11.8 Å². The molecule has 106 valence electrons. The monoisotopic (exact) mass is 290 g/mol. The van der Waals surface area contributed by atoms with Crippen LogP contribution in [0.2, 0.25) is 0 Å². The summed E-state index contributed by atoms with van der Waals surface area (Å²) >= 11 is 1.58. The Labute approximate surface area is 123 Å². The van der Waals surface area contributed by atoms with Gasteiger partial charge in [-0.2, -0.15) is 0 Å². The van der Waals surface area contributed by atoms with Crippen LogP contribution < -0.4 is 0 Å². The second kappa shape index (κ2) is 5.48. The van der Waals surface area contributed by atoms with Crippen molar-refractivity contribution in [3.8, 4) is 0 Å². The van der Waals surface area contributed by atoms with Gasteiger partial charge in [0.05, 0.1) is 0 Å². The molecule has 2 atom stereocenters. The van der Waals surface area contributed by atoms with E-state index in [1.54, 1.807) is 28.6 Å². The average molecular weight is 290 g/mol. The molecule has 0 aliphatic carbocycles. The van der Waals surface area contributed by atoms with Gasteiger partial charge in [0.15, 0.2) is 5.37 Å². The van der Waals surface area contributed by atoms with Gasteiger partial charge in [0, 0.05) is 20.0 Å². The fraction of sp³-hybridized carbons (Fsp3) is 0.467. The van der Waals surface area contributed by atoms with Gasteiger partial charge in [-0.05, 0) is 17.7 Å². The lowest BCUT2D eigenvalue weighted by Crippen LogP contribution is -2.64. The molecular weight excluding hydrogens is 272 g/mol. The first-order chi connectivity index (χ1) is 9.68. The van der Waals surface area contributed by atoms with Crippen molar-refractivity contribution in [1.82, 2.24) is 9.80 Å². The van der Waals surface area contributed by atoms with E-state index >= 15 is 0 Å².